The van der Waals surface area contributed by atoms with Crippen LogP contribution in [0.15, 0.2) is 24.3 Å². The highest BCUT2D eigenvalue weighted by molar-refractivity contribution is 5.30. The van der Waals surface area contributed by atoms with Crippen LogP contribution in [0.2, 0.25) is 0 Å². The normalized spacial score (nSPS) is 19.0. The molecule has 1 saturated carbocycles. The van der Waals surface area contributed by atoms with E-state index in [9.17, 15) is 0 Å². The summed E-state index contributed by atoms with van der Waals surface area (Å²) < 4.78 is 5.28. The maximum Gasteiger partial charge on any atom is 0.119 e. The van der Waals surface area contributed by atoms with Crippen molar-refractivity contribution in [3.8, 4) is 5.75 Å². The minimum Gasteiger partial charge on any atom is -0.497 e. The topological polar surface area (TPSA) is 24.5 Å². The van der Waals surface area contributed by atoms with E-state index in [4.69, 9.17) is 4.74 Å². The lowest BCUT2D eigenvalue weighted by Gasteiger charge is -2.48. The number of nitrogens with zero attached hydrogens (tertiary/aromatic N) is 1. The standard InChI is InChI=1S/C16H26N2O/c1-13(14-7-5-8-15(11-14)19-4)17-12-16(18(2)3)9-6-10-16/h5,7-8,11,13,17H,6,9-10,12H2,1-4H3. The second kappa shape index (κ2) is 5.93. The summed E-state index contributed by atoms with van der Waals surface area (Å²) in [6, 6.07) is 8.66. The summed E-state index contributed by atoms with van der Waals surface area (Å²) in [6.07, 6.45) is 3.96. The Morgan fingerprint density at radius 1 is 1.37 bits per heavy atom. The number of hydrogen-bond acceptors (Lipinski definition) is 3. The van der Waals surface area contributed by atoms with E-state index >= 15 is 0 Å². The van der Waals surface area contributed by atoms with Crippen LogP contribution in [0.3, 0.4) is 0 Å². The van der Waals surface area contributed by atoms with Gasteiger partial charge < -0.3 is 15.0 Å². The molecule has 0 aromatic heterocycles. The van der Waals surface area contributed by atoms with E-state index in [1.807, 2.05) is 6.07 Å². The minimum atomic E-state index is 0.354. The van der Waals surface area contributed by atoms with Crippen LogP contribution in [-0.2, 0) is 0 Å². The molecule has 1 fully saturated rings. The van der Waals surface area contributed by atoms with Gasteiger partial charge in [0, 0.05) is 18.1 Å². The smallest absolute Gasteiger partial charge is 0.119 e. The molecule has 1 aliphatic carbocycles. The molecular weight excluding hydrogens is 236 g/mol. The summed E-state index contributed by atoms with van der Waals surface area (Å²) in [6.45, 7) is 3.27. The molecule has 0 aliphatic heterocycles. The van der Waals surface area contributed by atoms with Crippen molar-refractivity contribution >= 4 is 0 Å². The van der Waals surface area contributed by atoms with Crippen molar-refractivity contribution in [2.45, 2.75) is 37.8 Å². The summed E-state index contributed by atoms with van der Waals surface area (Å²) in [5, 5.41) is 3.68. The lowest BCUT2D eigenvalue weighted by molar-refractivity contribution is 0.0576. The van der Waals surface area contributed by atoms with Crippen LogP contribution in [0.4, 0.5) is 0 Å². The number of rotatable bonds is 6. The Morgan fingerprint density at radius 2 is 2.11 bits per heavy atom. The summed E-state index contributed by atoms with van der Waals surface area (Å²) in [5.74, 6) is 0.928. The molecule has 0 radical (unpaired) electrons. The number of nitrogens with one attached hydrogen (secondary N) is 1. The molecule has 1 aromatic rings. The van der Waals surface area contributed by atoms with Crippen LogP contribution < -0.4 is 10.1 Å². The summed E-state index contributed by atoms with van der Waals surface area (Å²) in [5.41, 5.74) is 1.65. The van der Waals surface area contributed by atoms with Gasteiger partial charge in [-0.3, -0.25) is 0 Å². The highest BCUT2D eigenvalue weighted by Gasteiger charge is 2.38. The van der Waals surface area contributed by atoms with E-state index in [-0.39, 0.29) is 0 Å². The zero-order valence-corrected chi connectivity index (χ0v) is 12.6. The molecule has 0 saturated heterocycles. The van der Waals surface area contributed by atoms with Gasteiger partial charge in [-0.25, -0.2) is 0 Å². The van der Waals surface area contributed by atoms with Gasteiger partial charge in [-0.15, -0.1) is 0 Å². The van der Waals surface area contributed by atoms with Crippen molar-refractivity contribution in [2.75, 3.05) is 27.7 Å². The van der Waals surface area contributed by atoms with Crippen molar-refractivity contribution in [1.29, 1.82) is 0 Å². The SMILES string of the molecule is COc1cccc(C(C)NCC2(N(C)C)CCC2)c1. The van der Waals surface area contributed by atoms with Crippen molar-refractivity contribution in [3.05, 3.63) is 29.8 Å². The van der Waals surface area contributed by atoms with Gasteiger partial charge in [0.05, 0.1) is 7.11 Å². The third-order valence-electron chi connectivity index (χ3n) is 4.56. The second-order valence-electron chi connectivity index (χ2n) is 5.85. The fourth-order valence-corrected chi connectivity index (χ4v) is 2.74. The first kappa shape index (κ1) is 14.4. The van der Waals surface area contributed by atoms with Crippen LogP contribution in [0.25, 0.3) is 0 Å². The maximum absolute atomic E-state index is 5.28. The quantitative estimate of drug-likeness (QED) is 0.853. The van der Waals surface area contributed by atoms with E-state index < -0.39 is 0 Å². The Labute approximate surface area is 116 Å². The predicted octanol–water partition coefficient (Wildman–Crippen LogP) is 2.83. The van der Waals surface area contributed by atoms with Crippen LogP contribution >= 0.6 is 0 Å². The van der Waals surface area contributed by atoms with E-state index in [1.165, 1.54) is 24.8 Å². The maximum atomic E-state index is 5.28. The van der Waals surface area contributed by atoms with E-state index in [2.05, 4.69) is 49.4 Å². The van der Waals surface area contributed by atoms with Gasteiger partial charge >= 0.3 is 0 Å². The Kier molecular flexibility index (Phi) is 4.48. The zero-order chi connectivity index (χ0) is 13.9. The highest BCUT2D eigenvalue weighted by Crippen LogP contribution is 2.36. The van der Waals surface area contributed by atoms with Crippen LogP contribution in [0, 0.1) is 0 Å². The van der Waals surface area contributed by atoms with Gasteiger partial charge in [0.1, 0.15) is 5.75 Å². The Morgan fingerprint density at radius 3 is 2.63 bits per heavy atom. The monoisotopic (exact) mass is 262 g/mol. The predicted molar refractivity (Wildman–Crippen MR) is 79.7 cm³/mol. The molecule has 3 heteroatoms. The summed E-state index contributed by atoms with van der Waals surface area (Å²) in [4.78, 5) is 2.38. The van der Waals surface area contributed by atoms with Crippen molar-refractivity contribution in [2.24, 2.45) is 0 Å². The second-order valence-corrected chi connectivity index (χ2v) is 5.85. The summed E-state index contributed by atoms with van der Waals surface area (Å²) >= 11 is 0. The third kappa shape index (κ3) is 3.10. The van der Waals surface area contributed by atoms with E-state index in [1.54, 1.807) is 7.11 Å². The number of likely N-dealkylation sites (N-methyl/N-ethyl adjacent to an activating group) is 1. The lowest BCUT2D eigenvalue weighted by atomic mass is 9.75. The molecule has 1 aliphatic rings. The van der Waals surface area contributed by atoms with Gasteiger partial charge in [0.25, 0.3) is 0 Å². The van der Waals surface area contributed by atoms with Crippen LogP contribution in [0.1, 0.15) is 37.8 Å². The molecule has 1 N–H and O–H groups in total. The fraction of sp³-hybridized carbons (Fsp3) is 0.625. The molecule has 0 bridgehead atoms. The molecule has 1 unspecified atom stereocenters. The number of hydrogen-bond donors (Lipinski definition) is 1. The molecule has 0 spiro atoms. The van der Waals surface area contributed by atoms with Crippen molar-refractivity contribution < 1.29 is 4.74 Å². The van der Waals surface area contributed by atoms with Gasteiger partial charge in [-0.05, 0) is 58.0 Å². The lowest BCUT2D eigenvalue weighted by Crippen LogP contribution is -2.56. The van der Waals surface area contributed by atoms with Gasteiger partial charge in [-0.1, -0.05) is 12.1 Å². The molecule has 19 heavy (non-hydrogen) atoms. The molecule has 0 heterocycles. The first-order valence-corrected chi connectivity index (χ1v) is 7.12. The van der Waals surface area contributed by atoms with E-state index in [0.29, 0.717) is 11.6 Å². The van der Waals surface area contributed by atoms with Gasteiger partial charge in [0.2, 0.25) is 0 Å². The molecule has 2 rings (SSSR count). The van der Waals surface area contributed by atoms with Gasteiger partial charge in [0.15, 0.2) is 0 Å². The molecule has 0 amide bonds. The van der Waals surface area contributed by atoms with Crippen molar-refractivity contribution in [1.82, 2.24) is 10.2 Å². The van der Waals surface area contributed by atoms with Crippen LogP contribution in [-0.4, -0.2) is 38.2 Å². The number of benzene rings is 1. The minimum absolute atomic E-state index is 0.354. The Bertz CT molecular complexity index is 413. The zero-order valence-electron chi connectivity index (χ0n) is 12.6. The van der Waals surface area contributed by atoms with Crippen molar-refractivity contribution in [3.63, 3.8) is 0 Å². The van der Waals surface area contributed by atoms with Gasteiger partial charge in [-0.2, -0.15) is 0 Å². The Balaban J connectivity index is 1.95. The molecular formula is C16H26N2O. The first-order valence-electron chi connectivity index (χ1n) is 7.12. The molecule has 1 atom stereocenters. The van der Waals surface area contributed by atoms with E-state index in [0.717, 1.165) is 12.3 Å². The molecule has 106 valence electrons. The highest BCUT2D eigenvalue weighted by atomic mass is 16.5. The number of ether oxygens (including phenoxy) is 1. The Hall–Kier alpha value is -1.06. The summed E-state index contributed by atoms with van der Waals surface area (Å²) in [7, 11) is 6.10. The molecule has 3 nitrogen and oxygen atoms in total. The molecule has 1 aromatic carbocycles. The average Bonchev–Trinajstić information content (AvgIpc) is 2.37. The fourth-order valence-electron chi connectivity index (χ4n) is 2.74. The third-order valence-corrected chi connectivity index (χ3v) is 4.56. The average molecular weight is 262 g/mol. The number of methoxy groups -OCH3 is 1. The first-order chi connectivity index (χ1) is 9.07. The van der Waals surface area contributed by atoms with Crippen LogP contribution in [0.5, 0.6) is 5.75 Å². The largest absolute Gasteiger partial charge is 0.497 e.